The van der Waals surface area contributed by atoms with Gasteiger partial charge in [-0.15, -0.1) is 0 Å². The van der Waals surface area contributed by atoms with Crippen LogP contribution in [-0.4, -0.2) is 20.0 Å². The first-order valence-corrected chi connectivity index (χ1v) is 5.15. The second-order valence-electron chi connectivity index (χ2n) is 3.24. The van der Waals surface area contributed by atoms with E-state index in [1.54, 1.807) is 38.5 Å². The van der Waals surface area contributed by atoms with Crippen molar-refractivity contribution in [3.8, 4) is 11.5 Å². The summed E-state index contributed by atoms with van der Waals surface area (Å²) in [6, 6.07) is 5.17. The first kappa shape index (κ1) is 12.3. The van der Waals surface area contributed by atoms with Gasteiger partial charge in [-0.3, -0.25) is 4.79 Å². The van der Waals surface area contributed by atoms with Crippen molar-refractivity contribution in [2.24, 2.45) is 0 Å². The third kappa shape index (κ3) is 2.86. The Hall–Kier alpha value is -1.77. The van der Waals surface area contributed by atoms with Gasteiger partial charge in [-0.1, -0.05) is 13.0 Å². The molecule has 0 heterocycles. The summed E-state index contributed by atoms with van der Waals surface area (Å²) in [5.74, 6) is 1.14. The lowest BCUT2D eigenvalue weighted by atomic mass is 10.1. The molecule has 0 saturated carbocycles. The fourth-order valence-electron chi connectivity index (χ4n) is 1.32. The Bertz CT molecular complexity index is 394. The number of allylic oxidation sites excluding steroid dienone is 2. The second kappa shape index (κ2) is 5.95. The Balaban J connectivity index is 3.08. The maximum atomic E-state index is 11.8. The van der Waals surface area contributed by atoms with Crippen LogP contribution in [0, 0.1) is 0 Å². The number of methoxy groups -OCH3 is 2. The molecule has 0 radical (unpaired) electrons. The maximum Gasteiger partial charge on any atom is 0.189 e. The molecule has 0 aliphatic carbocycles. The molecular formula is C13H16O3. The Morgan fingerprint density at radius 3 is 2.62 bits per heavy atom. The number of ketones is 1. The lowest BCUT2D eigenvalue weighted by Gasteiger charge is -2.07. The molecule has 16 heavy (non-hydrogen) atoms. The van der Waals surface area contributed by atoms with Crippen molar-refractivity contribution in [2.75, 3.05) is 14.2 Å². The van der Waals surface area contributed by atoms with Crippen LogP contribution in [0.2, 0.25) is 0 Å². The van der Waals surface area contributed by atoms with E-state index < -0.39 is 0 Å². The summed E-state index contributed by atoms with van der Waals surface area (Å²) in [6.07, 6.45) is 4.20. The predicted molar refractivity (Wildman–Crippen MR) is 63.3 cm³/mol. The molecular weight excluding hydrogens is 204 g/mol. The number of hydrogen-bond donors (Lipinski definition) is 0. The Morgan fingerprint density at radius 1 is 1.31 bits per heavy atom. The van der Waals surface area contributed by atoms with Crippen LogP contribution in [0.4, 0.5) is 0 Å². The maximum absolute atomic E-state index is 11.8. The summed E-state index contributed by atoms with van der Waals surface area (Å²) >= 11 is 0. The monoisotopic (exact) mass is 220 g/mol. The number of rotatable bonds is 5. The molecule has 3 nitrogen and oxygen atoms in total. The molecule has 3 heteroatoms. The van der Waals surface area contributed by atoms with Gasteiger partial charge in [0.15, 0.2) is 5.78 Å². The molecule has 0 amide bonds. The predicted octanol–water partition coefficient (Wildman–Crippen LogP) is 2.85. The zero-order valence-corrected chi connectivity index (χ0v) is 9.82. The van der Waals surface area contributed by atoms with Crippen molar-refractivity contribution in [3.05, 3.63) is 35.9 Å². The molecule has 0 atom stereocenters. The first-order chi connectivity index (χ1) is 7.72. The van der Waals surface area contributed by atoms with Crippen molar-refractivity contribution >= 4 is 5.78 Å². The molecule has 0 fully saturated rings. The van der Waals surface area contributed by atoms with Gasteiger partial charge in [0.25, 0.3) is 0 Å². The zero-order valence-electron chi connectivity index (χ0n) is 9.82. The van der Waals surface area contributed by atoms with Crippen LogP contribution < -0.4 is 9.47 Å². The minimum Gasteiger partial charge on any atom is -0.497 e. The van der Waals surface area contributed by atoms with E-state index in [-0.39, 0.29) is 5.78 Å². The van der Waals surface area contributed by atoms with Gasteiger partial charge in [0.2, 0.25) is 0 Å². The molecule has 1 aromatic carbocycles. The highest BCUT2D eigenvalue weighted by Gasteiger charge is 2.10. The highest BCUT2D eigenvalue weighted by Crippen LogP contribution is 2.24. The molecule has 0 N–H and O–H groups in total. The third-order valence-corrected chi connectivity index (χ3v) is 2.18. The largest absolute Gasteiger partial charge is 0.497 e. The van der Waals surface area contributed by atoms with E-state index in [9.17, 15) is 4.79 Å². The van der Waals surface area contributed by atoms with Crippen LogP contribution in [0.1, 0.15) is 23.7 Å². The summed E-state index contributed by atoms with van der Waals surface area (Å²) in [4.78, 5) is 11.8. The van der Waals surface area contributed by atoms with E-state index in [1.807, 2.05) is 13.0 Å². The van der Waals surface area contributed by atoms with E-state index >= 15 is 0 Å². The lowest BCUT2D eigenvalue weighted by molar-refractivity contribution is 0.104. The van der Waals surface area contributed by atoms with Crippen molar-refractivity contribution in [1.29, 1.82) is 0 Å². The summed E-state index contributed by atoms with van der Waals surface area (Å²) in [5.41, 5.74) is 0.520. The fraction of sp³-hybridized carbons (Fsp3) is 0.308. The number of hydrogen-bond acceptors (Lipinski definition) is 3. The van der Waals surface area contributed by atoms with E-state index in [0.29, 0.717) is 17.1 Å². The Labute approximate surface area is 95.7 Å². The van der Waals surface area contributed by atoms with Gasteiger partial charge in [0, 0.05) is 0 Å². The number of benzene rings is 1. The molecule has 0 aliphatic heterocycles. The summed E-state index contributed by atoms with van der Waals surface area (Å²) in [6.45, 7) is 1.98. The van der Waals surface area contributed by atoms with Gasteiger partial charge >= 0.3 is 0 Å². The van der Waals surface area contributed by atoms with Crippen LogP contribution in [-0.2, 0) is 0 Å². The average molecular weight is 220 g/mol. The molecule has 0 saturated heterocycles. The Morgan fingerprint density at radius 2 is 2.06 bits per heavy atom. The van der Waals surface area contributed by atoms with Gasteiger partial charge in [-0.05, 0) is 30.7 Å². The van der Waals surface area contributed by atoms with Crippen molar-refractivity contribution in [2.45, 2.75) is 13.3 Å². The molecule has 1 rings (SSSR count). The smallest absolute Gasteiger partial charge is 0.189 e. The number of carbonyl (C=O) groups is 1. The summed E-state index contributed by atoms with van der Waals surface area (Å²) in [5, 5.41) is 0. The van der Waals surface area contributed by atoms with Crippen molar-refractivity contribution in [3.63, 3.8) is 0 Å². The quantitative estimate of drug-likeness (QED) is 0.565. The topological polar surface area (TPSA) is 35.5 Å². The van der Waals surface area contributed by atoms with Gasteiger partial charge in [-0.2, -0.15) is 0 Å². The van der Waals surface area contributed by atoms with Gasteiger partial charge in [-0.25, -0.2) is 0 Å². The molecule has 0 bridgehead atoms. The van der Waals surface area contributed by atoms with Crippen LogP contribution >= 0.6 is 0 Å². The number of ether oxygens (including phenoxy) is 2. The Kier molecular flexibility index (Phi) is 4.58. The normalized spacial score (nSPS) is 10.4. The molecule has 0 spiro atoms. The molecule has 0 aromatic heterocycles. The van der Waals surface area contributed by atoms with E-state index in [1.165, 1.54) is 0 Å². The van der Waals surface area contributed by atoms with Crippen LogP contribution in [0.3, 0.4) is 0 Å². The van der Waals surface area contributed by atoms with Gasteiger partial charge in [0.1, 0.15) is 11.5 Å². The van der Waals surface area contributed by atoms with Crippen LogP contribution in [0.5, 0.6) is 11.5 Å². The van der Waals surface area contributed by atoms with Gasteiger partial charge < -0.3 is 9.47 Å². The van der Waals surface area contributed by atoms with Crippen molar-refractivity contribution in [1.82, 2.24) is 0 Å². The standard InChI is InChI=1S/C13H16O3/c1-4-5-6-12(14)11-9-10(15-2)7-8-13(11)16-3/h5-9H,4H2,1-3H3/b6-5+. The lowest BCUT2D eigenvalue weighted by Crippen LogP contribution is -1.99. The third-order valence-electron chi connectivity index (χ3n) is 2.18. The van der Waals surface area contributed by atoms with Gasteiger partial charge in [0.05, 0.1) is 19.8 Å². The van der Waals surface area contributed by atoms with E-state index in [4.69, 9.17) is 9.47 Å². The zero-order chi connectivity index (χ0) is 12.0. The molecule has 1 aromatic rings. The minimum absolute atomic E-state index is 0.0717. The number of carbonyl (C=O) groups excluding carboxylic acids is 1. The fourth-order valence-corrected chi connectivity index (χ4v) is 1.32. The van der Waals surface area contributed by atoms with E-state index in [2.05, 4.69) is 0 Å². The molecule has 86 valence electrons. The minimum atomic E-state index is -0.0717. The molecule has 0 unspecified atom stereocenters. The van der Waals surface area contributed by atoms with Crippen LogP contribution in [0.15, 0.2) is 30.4 Å². The van der Waals surface area contributed by atoms with Crippen molar-refractivity contribution < 1.29 is 14.3 Å². The van der Waals surface area contributed by atoms with E-state index in [0.717, 1.165) is 6.42 Å². The molecule has 0 aliphatic rings. The highest BCUT2D eigenvalue weighted by molar-refractivity contribution is 6.06. The SMILES string of the molecule is CC/C=C/C(=O)c1cc(OC)ccc1OC. The van der Waals surface area contributed by atoms with Crippen LogP contribution in [0.25, 0.3) is 0 Å². The highest BCUT2D eigenvalue weighted by atomic mass is 16.5. The first-order valence-electron chi connectivity index (χ1n) is 5.15. The summed E-state index contributed by atoms with van der Waals surface area (Å²) < 4.78 is 10.2. The average Bonchev–Trinajstić information content (AvgIpc) is 2.35. The second-order valence-corrected chi connectivity index (χ2v) is 3.24. The summed E-state index contributed by atoms with van der Waals surface area (Å²) in [7, 11) is 3.11.